The monoisotopic (exact) mass is 199 g/mol. The molecule has 5 nitrogen and oxygen atoms in total. The van der Waals surface area contributed by atoms with Crippen molar-refractivity contribution in [1.29, 1.82) is 0 Å². The van der Waals surface area contributed by atoms with Crippen LogP contribution >= 0.6 is 0 Å². The summed E-state index contributed by atoms with van der Waals surface area (Å²) in [6, 6.07) is 0. The minimum atomic E-state index is 0.630. The molecule has 0 saturated heterocycles. The zero-order valence-corrected chi connectivity index (χ0v) is 8.48. The Labute approximate surface area is 83.8 Å². The molecule has 0 spiro atoms. The third-order valence-electron chi connectivity index (χ3n) is 1.69. The second-order valence-electron chi connectivity index (χ2n) is 2.85. The topological polar surface area (TPSA) is 62.3 Å². The van der Waals surface area contributed by atoms with Gasteiger partial charge in [0.05, 0.1) is 38.2 Å². The van der Waals surface area contributed by atoms with Crippen LogP contribution in [0.5, 0.6) is 0 Å². The van der Waals surface area contributed by atoms with E-state index in [1.54, 1.807) is 17.1 Å². The van der Waals surface area contributed by atoms with Crippen molar-refractivity contribution in [3.63, 3.8) is 0 Å². The Bertz CT molecular complexity index is 250. The first kappa shape index (κ1) is 11.0. The maximum atomic E-state index is 5.50. The van der Waals surface area contributed by atoms with E-state index < -0.39 is 0 Å². The minimum absolute atomic E-state index is 0.630. The van der Waals surface area contributed by atoms with Gasteiger partial charge in [-0.1, -0.05) is 0 Å². The van der Waals surface area contributed by atoms with Crippen LogP contribution in [-0.4, -0.2) is 36.2 Å². The van der Waals surface area contributed by atoms with E-state index in [9.17, 15) is 0 Å². The molecule has 0 aromatic carbocycles. The molecule has 0 fully saturated rings. The number of rotatable bonds is 7. The van der Waals surface area contributed by atoms with Crippen molar-refractivity contribution in [2.24, 2.45) is 0 Å². The Morgan fingerprint density at radius 1 is 1.36 bits per heavy atom. The summed E-state index contributed by atoms with van der Waals surface area (Å²) in [5.41, 5.74) is 6.18. The van der Waals surface area contributed by atoms with Crippen LogP contribution in [0.15, 0.2) is 12.4 Å². The van der Waals surface area contributed by atoms with Crippen LogP contribution in [-0.2, 0) is 16.0 Å². The molecule has 0 radical (unpaired) electrons. The van der Waals surface area contributed by atoms with E-state index in [4.69, 9.17) is 15.2 Å². The Balaban J connectivity index is 1.99. The van der Waals surface area contributed by atoms with E-state index in [2.05, 4.69) is 5.10 Å². The largest absolute Gasteiger partial charge is 0.396 e. The van der Waals surface area contributed by atoms with E-state index in [-0.39, 0.29) is 0 Å². The van der Waals surface area contributed by atoms with Gasteiger partial charge in [-0.05, 0) is 6.92 Å². The Hall–Kier alpha value is -1.07. The van der Waals surface area contributed by atoms with Crippen molar-refractivity contribution in [3.05, 3.63) is 12.4 Å². The lowest BCUT2D eigenvalue weighted by atomic mass is 10.6. The lowest BCUT2D eigenvalue weighted by Crippen LogP contribution is -2.10. The molecule has 0 unspecified atom stereocenters. The maximum absolute atomic E-state index is 5.50. The number of ether oxygens (including phenoxy) is 2. The third kappa shape index (κ3) is 4.25. The highest BCUT2D eigenvalue weighted by molar-refractivity contribution is 5.30. The van der Waals surface area contributed by atoms with Gasteiger partial charge in [-0.15, -0.1) is 0 Å². The summed E-state index contributed by atoms with van der Waals surface area (Å²) < 4.78 is 12.2. The second kappa shape index (κ2) is 6.39. The molecule has 1 heterocycles. The second-order valence-corrected chi connectivity index (χ2v) is 2.85. The summed E-state index contributed by atoms with van der Waals surface area (Å²) >= 11 is 0. The SMILES string of the molecule is CCOCCOCCn1cc(N)cn1. The summed E-state index contributed by atoms with van der Waals surface area (Å²) in [5, 5.41) is 4.03. The van der Waals surface area contributed by atoms with Gasteiger partial charge in [0.1, 0.15) is 0 Å². The van der Waals surface area contributed by atoms with Crippen LogP contribution in [0, 0.1) is 0 Å². The van der Waals surface area contributed by atoms with E-state index in [0.717, 1.165) is 13.2 Å². The van der Waals surface area contributed by atoms with Crippen molar-refractivity contribution < 1.29 is 9.47 Å². The van der Waals surface area contributed by atoms with Crippen molar-refractivity contribution in [2.75, 3.05) is 32.2 Å². The summed E-state index contributed by atoms with van der Waals surface area (Å²) in [7, 11) is 0. The fourth-order valence-corrected chi connectivity index (χ4v) is 1.02. The first-order chi connectivity index (χ1) is 6.83. The van der Waals surface area contributed by atoms with Gasteiger partial charge in [-0.2, -0.15) is 5.10 Å². The molecule has 0 amide bonds. The smallest absolute Gasteiger partial charge is 0.0719 e. The highest BCUT2D eigenvalue weighted by Crippen LogP contribution is 1.96. The molecular formula is C9H17N3O2. The van der Waals surface area contributed by atoms with Crippen molar-refractivity contribution in [1.82, 2.24) is 9.78 Å². The van der Waals surface area contributed by atoms with Gasteiger partial charge in [0.15, 0.2) is 0 Å². The van der Waals surface area contributed by atoms with Crippen LogP contribution < -0.4 is 5.73 Å². The van der Waals surface area contributed by atoms with E-state index in [1.807, 2.05) is 6.92 Å². The molecule has 0 bridgehead atoms. The molecule has 0 saturated carbocycles. The number of nitrogens with zero attached hydrogens (tertiary/aromatic N) is 2. The predicted molar refractivity (Wildman–Crippen MR) is 54.0 cm³/mol. The molecule has 0 aliphatic heterocycles. The van der Waals surface area contributed by atoms with Gasteiger partial charge < -0.3 is 15.2 Å². The molecule has 1 aromatic rings. The van der Waals surface area contributed by atoms with Gasteiger partial charge in [0.2, 0.25) is 0 Å². The Morgan fingerprint density at radius 2 is 2.14 bits per heavy atom. The average molecular weight is 199 g/mol. The first-order valence-electron chi connectivity index (χ1n) is 4.76. The molecule has 80 valence electrons. The fraction of sp³-hybridized carbons (Fsp3) is 0.667. The Morgan fingerprint density at radius 3 is 2.79 bits per heavy atom. The number of nitrogens with two attached hydrogens (primary N) is 1. The molecule has 1 rings (SSSR count). The van der Waals surface area contributed by atoms with E-state index in [0.29, 0.717) is 25.5 Å². The number of hydrogen-bond donors (Lipinski definition) is 1. The number of nitrogen functional groups attached to an aromatic ring is 1. The zero-order valence-electron chi connectivity index (χ0n) is 8.48. The van der Waals surface area contributed by atoms with Crippen LogP contribution in [0.3, 0.4) is 0 Å². The highest BCUT2D eigenvalue weighted by atomic mass is 16.5. The molecule has 14 heavy (non-hydrogen) atoms. The van der Waals surface area contributed by atoms with Gasteiger partial charge >= 0.3 is 0 Å². The van der Waals surface area contributed by atoms with Crippen molar-refractivity contribution in [3.8, 4) is 0 Å². The highest BCUT2D eigenvalue weighted by Gasteiger charge is 1.94. The van der Waals surface area contributed by atoms with Crippen LogP contribution in [0.25, 0.3) is 0 Å². The molecule has 1 aromatic heterocycles. The lowest BCUT2D eigenvalue weighted by molar-refractivity contribution is 0.0488. The normalized spacial score (nSPS) is 10.6. The number of anilines is 1. The average Bonchev–Trinajstić information content (AvgIpc) is 2.58. The summed E-state index contributed by atoms with van der Waals surface area (Å²) in [4.78, 5) is 0. The molecule has 0 atom stereocenters. The molecule has 0 aliphatic rings. The molecule has 2 N–H and O–H groups in total. The maximum Gasteiger partial charge on any atom is 0.0719 e. The quantitative estimate of drug-likeness (QED) is 0.650. The lowest BCUT2D eigenvalue weighted by Gasteiger charge is -2.04. The summed E-state index contributed by atoms with van der Waals surface area (Å²) in [6.07, 6.45) is 3.41. The van der Waals surface area contributed by atoms with Gasteiger partial charge in [-0.3, -0.25) is 4.68 Å². The molecule has 5 heteroatoms. The van der Waals surface area contributed by atoms with Gasteiger partial charge in [0, 0.05) is 12.8 Å². The molecule has 0 aliphatic carbocycles. The summed E-state index contributed by atoms with van der Waals surface area (Å²) in [5.74, 6) is 0. The van der Waals surface area contributed by atoms with Crippen LogP contribution in [0.1, 0.15) is 6.92 Å². The van der Waals surface area contributed by atoms with Crippen LogP contribution in [0.2, 0.25) is 0 Å². The predicted octanol–water partition coefficient (Wildman–Crippen LogP) is 0.518. The van der Waals surface area contributed by atoms with Crippen LogP contribution in [0.4, 0.5) is 5.69 Å². The number of hydrogen-bond acceptors (Lipinski definition) is 4. The van der Waals surface area contributed by atoms with Crippen molar-refractivity contribution >= 4 is 5.69 Å². The standard InChI is InChI=1S/C9H17N3O2/c1-2-13-5-6-14-4-3-12-8-9(10)7-11-12/h7-8H,2-6,10H2,1H3. The summed E-state index contributed by atoms with van der Waals surface area (Å²) in [6.45, 7) is 5.34. The Kier molecular flexibility index (Phi) is 5.03. The fourth-order valence-electron chi connectivity index (χ4n) is 1.02. The minimum Gasteiger partial charge on any atom is -0.396 e. The molecular weight excluding hydrogens is 182 g/mol. The zero-order chi connectivity index (χ0) is 10.2. The van der Waals surface area contributed by atoms with Gasteiger partial charge in [0.25, 0.3) is 0 Å². The van der Waals surface area contributed by atoms with E-state index >= 15 is 0 Å². The van der Waals surface area contributed by atoms with Gasteiger partial charge in [-0.25, -0.2) is 0 Å². The third-order valence-corrected chi connectivity index (χ3v) is 1.69. The number of aromatic nitrogens is 2. The van der Waals surface area contributed by atoms with E-state index in [1.165, 1.54) is 0 Å². The van der Waals surface area contributed by atoms with Crippen molar-refractivity contribution in [2.45, 2.75) is 13.5 Å². The first-order valence-corrected chi connectivity index (χ1v) is 4.76.